The van der Waals surface area contributed by atoms with Crippen molar-refractivity contribution in [2.24, 2.45) is 0 Å². The molecule has 3 rings (SSSR count). The van der Waals surface area contributed by atoms with Crippen LogP contribution in [0.5, 0.6) is 0 Å². The van der Waals surface area contributed by atoms with Gasteiger partial charge in [-0.05, 0) is 45.9 Å². The van der Waals surface area contributed by atoms with Gasteiger partial charge in [-0.2, -0.15) is 0 Å². The van der Waals surface area contributed by atoms with Crippen LogP contribution in [0.1, 0.15) is 29.3 Å². The van der Waals surface area contributed by atoms with Crippen molar-refractivity contribution in [2.45, 2.75) is 13.3 Å². The Kier molecular flexibility index (Phi) is 5.34. The Bertz CT molecular complexity index is 1170. The smallest absolute Gasteiger partial charge is 0.201 e. The van der Waals surface area contributed by atoms with Crippen molar-refractivity contribution >= 4 is 53.5 Å². The molecule has 142 valence electrons. The summed E-state index contributed by atoms with van der Waals surface area (Å²) >= 11 is 3.26. The van der Waals surface area contributed by atoms with E-state index < -0.39 is 32.7 Å². The molecule has 3 aromatic rings. The molecule has 0 saturated heterocycles. The topological polar surface area (TPSA) is 74.8 Å². The number of nitrogens with one attached hydrogen (secondary N) is 2. The predicted octanol–water partition coefficient (Wildman–Crippen LogP) is 4.29. The third kappa shape index (κ3) is 3.89. The maximum absolute atomic E-state index is 14.9. The second kappa shape index (κ2) is 7.40. The summed E-state index contributed by atoms with van der Waals surface area (Å²) in [4.78, 5) is 19.8. The van der Waals surface area contributed by atoms with E-state index in [2.05, 4.69) is 30.6 Å². The molecule has 2 N–H and O–H groups in total. The number of fused-ring (bicyclic) bond motifs is 1. The number of H-pyrrole nitrogens is 1. The number of pyridine rings is 1. The fraction of sp³-hybridized carbons (Fsp3) is 0.167. The number of benzene rings is 1. The van der Waals surface area contributed by atoms with Crippen LogP contribution in [0, 0.1) is 11.6 Å². The van der Waals surface area contributed by atoms with Crippen molar-refractivity contribution in [3.63, 3.8) is 0 Å². The van der Waals surface area contributed by atoms with Gasteiger partial charge in [0.1, 0.15) is 11.5 Å². The van der Waals surface area contributed by atoms with Crippen molar-refractivity contribution in [1.82, 2.24) is 9.97 Å². The van der Waals surface area contributed by atoms with E-state index in [9.17, 15) is 17.8 Å². The van der Waals surface area contributed by atoms with Gasteiger partial charge in [-0.25, -0.2) is 18.0 Å². The minimum atomic E-state index is -2.68. The molecule has 0 aliphatic heterocycles. The van der Waals surface area contributed by atoms with Gasteiger partial charge in [0.15, 0.2) is 5.82 Å². The molecule has 9 heteroatoms. The molecule has 0 amide bonds. The van der Waals surface area contributed by atoms with E-state index in [0.29, 0.717) is 21.9 Å². The highest BCUT2D eigenvalue weighted by Crippen LogP contribution is 2.28. The number of anilines is 1. The molecule has 2 heterocycles. The van der Waals surface area contributed by atoms with Crippen LogP contribution >= 0.6 is 15.9 Å². The second-order valence-electron chi connectivity index (χ2n) is 5.95. The first-order chi connectivity index (χ1) is 12.7. The van der Waals surface area contributed by atoms with Gasteiger partial charge in [0.25, 0.3) is 0 Å². The van der Waals surface area contributed by atoms with Crippen LogP contribution in [0.4, 0.5) is 14.5 Å². The highest BCUT2D eigenvalue weighted by Gasteiger charge is 2.25. The summed E-state index contributed by atoms with van der Waals surface area (Å²) in [5, 5.41) is 1.94. The maximum atomic E-state index is 14.9. The van der Waals surface area contributed by atoms with Gasteiger partial charge in [0.2, 0.25) is 5.78 Å². The highest BCUT2D eigenvalue weighted by atomic mass is 79.9. The van der Waals surface area contributed by atoms with Crippen LogP contribution in [0.2, 0.25) is 0 Å². The predicted molar refractivity (Wildman–Crippen MR) is 108 cm³/mol. The Morgan fingerprint density at radius 2 is 2.15 bits per heavy atom. The summed E-state index contributed by atoms with van der Waals surface area (Å²) in [6.45, 7) is 1.80. The quantitative estimate of drug-likeness (QED) is 0.445. The molecule has 1 atom stereocenters. The standard InChI is InChI=1S/C18H16BrF2N3O2S/c1-3-6-27(2,26)24-14-5-4-13(20)15(16(14)21)17(25)12-9-23-18-11(12)7-10(19)8-22-18/h4-9H,3H2,1-2H3,(H,22,23)(H,24,26). The number of ketones is 1. The Hall–Kier alpha value is -2.26. The minimum absolute atomic E-state index is 0.0890. The van der Waals surface area contributed by atoms with Crippen molar-refractivity contribution in [3.8, 4) is 0 Å². The minimum Gasteiger partial charge on any atom is -0.345 e. The number of aromatic amines is 1. The van der Waals surface area contributed by atoms with Crippen LogP contribution in [-0.2, 0) is 9.71 Å². The molecule has 0 fully saturated rings. The van der Waals surface area contributed by atoms with E-state index in [4.69, 9.17) is 0 Å². The van der Waals surface area contributed by atoms with E-state index in [-0.39, 0.29) is 11.3 Å². The zero-order valence-corrected chi connectivity index (χ0v) is 16.9. The Labute approximate surface area is 163 Å². The lowest BCUT2D eigenvalue weighted by molar-refractivity contribution is 0.103. The van der Waals surface area contributed by atoms with Crippen molar-refractivity contribution in [2.75, 3.05) is 11.0 Å². The molecule has 0 bridgehead atoms. The van der Waals surface area contributed by atoms with Gasteiger partial charge in [-0.3, -0.25) is 4.79 Å². The zero-order chi connectivity index (χ0) is 19.8. The number of hydrogen-bond acceptors (Lipinski definition) is 3. The fourth-order valence-electron chi connectivity index (χ4n) is 2.72. The number of rotatable bonds is 5. The van der Waals surface area contributed by atoms with E-state index in [1.165, 1.54) is 17.8 Å². The van der Waals surface area contributed by atoms with Crippen LogP contribution in [0.3, 0.4) is 0 Å². The lowest BCUT2D eigenvalue weighted by Gasteiger charge is -2.13. The van der Waals surface area contributed by atoms with E-state index >= 15 is 0 Å². The van der Waals surface area contributed by atoms with Gasteiger partial charge in [-0.15, -0.1) is 0 Å². The molecular weight excluding hydrogens is 440 g/mol. The third-order valence-corrected chi connectivity index (χ3v) is 5.89. The van der Waals surface area contributed by atoms with Gasteiger partial charge in [0, 0.05) is 43.8 Å². The van der Waals surface area contributed by atoms with E-state index in [1.807, 2.05) is 0 Å². The summed E-state index contributed by atoms with van der Waals surface area (Å²) < 4.78 is 44.8. The van der Waals surface area contributed by atoms with Gasteiger partial charge >= 0.3 is 0 Å². The normalized spacial score (nSPS) is 13.4. The molecule has 0 radical (unpaired) electrons. The summed E-state index contributed by atoms with van der Waals surface area (Å²) in [6, 6.07) is 3.74. The molecule has 2 aromatic heterocycles. The number of hydrogen-bond donors (Lipinski definition) is 2. The average molecular weight is 456 g/mol. The number of aromatic nitrogens is 2. The van der Waals surface area contributed by atoms with Gasteiger partial charge in [0.05, 0.1) is 11.3 Å². The van der Waals surface area contributed by atoms with Gasteiger partial charge < -0.3 is 9.71 Å². The Morgan fingerprint density at radius 3 is 2.85 bits per heavy atom. The van der Waals surface area contributed by atoms with Crippen LogP contribution in [-0.4, -0.2) is 31.6 Å². The molecule has 27 heavy (non-hydrogen) atoms. The molecule has 0 spiro atoms. The summed E-state index contributed by atoms with van der Waals surface area (Å²) in [6.07, 6.45) is 4.82. The largest absolute Gasteiger partial charge is 0.345 e. The third-order valence-electron chi connectivity index (χ3n) is 3.86. The lowest BCUT2D eigenvalue weighted by atomic mass is 10.0. The first-order valence-corrected chi connectivity index (χ1v) is 10.8. The van der Waals surface area contributed by atoms with Crippen molar-refractivity contribution < 1.29 is 17.8 Å². The SMILES string of the molecule is CCC=S(C)(=O)Nc1ccc(F)c(C(=O)c2c[nH]c3ncc(Br)cc23)c1F. The van der Waals surface area contributed by atoms with Crippen molar-refractivity contribution in [1.29, 1.82) is 0 Å². The fourth-order valence-corrected chi connectivity index (χ4v) is 4.36. The molecule has 1 unspecified atom stereocenters. The summed E-state index contributed by atoms with van der Waals surface area (Å²) in [5.41, 5.74) is -0.402. The lowest BCUT2D eigenvalue weighted by Crippen LogP contribution is -2.16. The second-order valence-corrected chi connectivity index (χ2v) is 9.21. The van der Waals surface area contributed by atoms with Crippen LogP contribution in [0.25, 0.3) is 11.0 Å². The van der Waals surface area contributed by atoms with E-state index in [1.54, 1.807) is 19.2 Å². The van der Waals surface area contributed by atoms with Crippen LogP contribution in [0.15, 0.2) is 35.1 Å². The molecule has 0 saturated carbocycles. The summed E-state index contributed by atoms with van der Waals surface area (Å²) in [5.74, 6) is -2.92. The van der Waals surface area contributed by atoms with Crippen LogP contribution < -0.4 is 4.72 Å². The molecule has 1 aromatic carbocycles. The molecule has 5 nitrogen and oxygen atoms in total. The van der Waals surface area contributed by atoms with Crippen molar-refractivity contribution in [3.05, 3.63) is 57.8 Å². The average Bonchev–Trinajstić information content (AvgIpc) is 3.00. The Morgan fingerprint density at radius 1 is 1.41 bits per heavy atom. The first-order valence-electron chi connectivity index (χ1n) is 7.99. The highest BCUT2D eigenvalue weighted by molar-refractivity contribution is 9.10. The molecule has 0 aliphatic rings. The number of carbonyl (C=O) groups excluding carboxylic acids is 1. The maximum Gasteiger partial charge on any atom is 0.201 e. The number of halogens is 3. The number of carbonyl (C=O) groups is 1. The molecular formula is C18H16BrF2N3O2S. The Balaban J connectivity index is 2.12. The first kappa shape index (κ1) is 19.5. The zero-order valence-electron chi connectivity index (χ0n) is 14.5. The van der Waals surface area contributed by atoms with Gasteiger partial charge in [-0.1, -0.05) is 6.92 Å². The molecule has 0 aliphatic carbocycles. The number of nitrogens with zero attached hydrogens (tertiary/aromatic N) is 1. The monoisotopic (exact) mass is 455 g/mol. The van der Waals surface area contributed by atoms with E-state index in [0.717, 1.165) is 12.1 Å². The summed E-state index contributed by atoms with van der Waals surface area (Å²) in [7, 11) is -2.68.